The smallest absolute Gasteiger partial charge is 0.147 e. The molecule has 0 saturated carbocycles. The first kappa shape index (κ1) is 20.4. The van der Waals surface area contributed by atoms with Gasteiger partial charge in [-0.2, -0.15) is 0 Å². The molecular weight excluding hydrogens is 420 g/mol. The highest BCUT2D eigenvalue weighted by Crippen LogP contribution is 2.24. The summed E-state index contributed by atoms with van der Waals surface area (Å²) in [5.74, 6) is 2.45. The number of hydrogen-bond donors (Lipinski definition) is 0. The van der Waals surface area contributed by atoms with Gasteiger partial charge >= 0.3 is 0 Å². The van der Waals surface area contributed by atoms with Crippen LogP contribution in [0.25, 0.3) is 21.8 Å². The quantitative estimate of drug-likeness (QED) is 0.245. The zero-order chi connectivity index (χ0) is 21.8. The Kier molecular flexibility index (Phi) is 5.95. The Labute approximate surface area is 192 Å². The van der Waals surface area contributed by atoms with Gasteiger partial charge in [-0.3, -0.25) is 0 Å². The largest absolute Gasteiger partial charge is 0.492 e. The third-order valence-corrected chi connectivity index (χ3v) is 5.75. The van der Waals surface area contributed by atoms with E-state index in [1.54, 1.807) is 0 Å². The number of benzene rings is 4. The van der Waals surface area contributed by atoms with Crippen molar-refractivity contribution in [3.05, 3.63) is 102 Å². The molecule has 0 aliphatic carbocycles. The molecule has 0 amide bonds. The molecule has 5 heteroatoms. The van der Waals surface area contributed by atoms with Crippen molar-refractivity contribution in [3.63, 3.8) is 0 Å². The van der Waals surface area contributed by atoms with Crippen LogP contribution in [-0.4, -0.2) is 16.2 Å². The molecule has 0 spiro atoms. The zero-order valence-corrected chi connectivity index (χ0v) is 18.3. The van der Waals surface area contributed by atoms with Crippen LogP contribution in [0.4, 0.5) is 0 Å². The van der Waals surface area contributed by atoms with Crippen LogP contribution >= 0.6 is 11.6 Å². The van der Waals surface area contributed by atoms with Crippen molar-refractivity contribution in [1.29, 1.82) is 0 Å². The van der Waals surface area contributed by atoms with Crippen LogP contribution in [0.3, 0.4) is 0 Å². The molecule has 0 N–H and O–H groups in total. The average molecular weight is 443 g/mol. The lowest BCUT2D eigenvalue weighted by atomic mass is 10.1. The maximum Gasteiger partial charge on any atom is 0.147 e. The van der Waals surface area contributed by atoms with E-state index in [0.717, 1.165) is 41.0 Å². The number of para-hydroxylation sites is 3. The molecule has 0 aliphatic heterocycles. The van der Waals surface area contributed by atoms with E-state index in [1.807, 2.05) is 60.7 Å². The molecule has 32 heavy (non-hydrogen) atoms. The SMILES string of the molecule is Clc1ccccc1OCCCn1c(COc2ccc3ccccc3c2)nc2ccccc21. The lowest BCUT2D eigenvalue weighted by Crippen LogP contribution is -2.10. The standard InChI is InChI=1S/C27H23ClN2O2/c28-23-10-3-6-13-26(23)31-17-7-16-30-25-12-5-4-11-24(25)29-27(30)19-32-22-15-14-20-8-1-2-9-21(20)18-22/h1-6,8-15,18H,7,16-17,19H2. The molecule has 5 aromatic rings. The van der Waals surface area contributed by atoms with Crippen LogP contribution in [0.5, 0.6) is 11.5 Å². The number of imidazole rings is 1. The Bertz CT molecular complexity index is 1360. The van der Waals surface area contributed by atoms with Crippen LogP contribution in [0, 0.1) is 0 Å². The number of fused-ring (bicyclic) bond motifs is 2. The topological polar surface area (TPSA) is 36.3 Å². The Balaban J connectivity index is 1.30. The number of ether oxygens (including phenoxy) is 2. The van der Waals surface area contributed by atoms with Gasteiger partial charge in [-0.15, -0.1) is 0 Å². The Morgan fingerprint density at radius 3 is 2.47 bits per heavy atom. The minimum Gasteiger partial charge on any atom is -0.492 e. The minimum atomic E-state index is 0.401. The molecule has 0 unspecified atom stereocenters. The van der Waals surface area contributed by atoms with Gasteiger partial charge in [0.1, 0.15) is 23.9 Å². The van der Waals surface area contributed by atoms with Gasteiger partial charge in [0.2, 0.25) is 0 Å². The van der Waals surface area contributed by atoms with Crippen LogP contribution < -0.4 is 9.47 Å². The summed E-state index contributed by atoms with van der Waals surface area (Å²) >= 11 is 6.19. The number of hydrogen-bond acceptors (Lipinski definition) is 3. The van der Waals surface area contributed by atoms with E-state index < -0.39 is 0 Å². The van der Waals surface area contributed by atoms with E-state index in [-0.39, 0.29) is 0 Å². The summed E-state index contributed by atoms with van der Waals surface area (Å²) in [5, 5.41) is 2.99. The maximum atomic E-state index is 6.19. The number of rotatable bonds is 8. The molecular formula is C27H23ClN2O2. The van der Waals surface area contributed by atoms with E-state index >= 15 is 0 Å². The second-order valence-electron chi connectivity index (χ2n) is 7.60. The highest BCUT2D eigenvalue weighted by molar-refractivity contribution is 6.32. The molecule has 4 aromatic carbocycles. The second kappa shape index (κ2) is 9.33. The van der Waals surface area contributed by atoms with Gasteiger partial charge in [0.15, 0.2) is 0 Å². The van der Waals surface area contributed by atoms with Gasteiger partial charge in [-0.25, -0.2) is 4.98 Å². The van der Waals surface area contributed by atoms with Crippen LogP contribution in [-0.2, 0) is 13.2 Å². The van der Waals surface area contributed by atoms with Crippen LogP contribution in [0.1, 0.15) is 12.2 Å². The summed E-state index contributed by atoms with van der Waals surface area (Å²) < 4.78 is 14.2. The van der Waals surface area contributed by atoms with Gasteiger partial charge in [0, 0.05) is 6.54 Å². The first-order chi connectivity index (χ1) is 15.8. The van der Waals surface area contributed by atoms with E-state index in [0.29, 0.717) is 24.0 Å². The van der Waals surface area contributed by atoms with Gasteiger partial charge < -0.3 is 14.0 Å². The molecule has 1 heterocycles. The lowest BCUT2D eigenvalue weighted by Gasteiger charge is -2.12. The molecule has 0 radical (unpaired) electrons. The normalized spacial score (nSPS) is 11.2. The average Bonchev–Trinajstić information content (AvgIpc) is 3.19. The molecule has 0 saturated heterocycles. The second-order valence-corrected chi connectivity index (χ2v) is 8.01. The first-order valence-corrected chi connectivity index (χ1v) is 11.1. The predicted octanol–water partition coefficient (Wildman–Crippen LogP) is 6.89. The monoisotopic (exact) mass is 442 g/mol. The van der Waals surface area contributed by atoms with Crippen molar-refractivity contribution in [1.82, 2.24) is 9.55 Å². The fourth-order valence-electron chi connectivity index (χ4n) is 3.86. The molecule has 0 atom stereocenters. The Morgan fingerprint density at radius 2 is 1.56 bits per heavy atom. The van der Waals surface area contributed by atoms with E-state index in [2.05, 4.69) is 34.9 Å². The van der Waals surface area contributed by atoms with Gasteiger partial charge in [0.05, 0.1) is 22.7 Å². The summed E-state index contributed by atoms with van der Waals surface area (Å²) in [6.07, 6.45) is 0.828. The van der Waals surface area contributed by atoms with Crippen LogP contribution in [0.2, 0.25) is 5.02 Å². The molecule has 1 aromatic heterocycles. The fraction of sp³-hybridized carbons (Fsp3) is 0.148. The number of aryl methyl sites for hydroxylation is 1. The third kappa shape index (κ3) is 4.41. The van der Waals surface area contributed by atoms with Crippen molar-refractivity contribution in [3.8, 4) is 11.5 Å². The maximum absolute atomic E-state index is 6.19. The molecule has 5 rings (SSSR count). The molecule has 0 fully saturated rings. The highest BCUT2D eigenvalue weighted by atomic mass is 35.5. The van der Waals surface area contributed by atoms with Gasteiger partial charge in [-0.05, 0) is 53.6 Å². The number of halogens is 1. The minimum absolute atomic E-state index is 0.401. The van der Waals surface area contributed by atoms with E-state index in [4.69, 9.17) is 26.1 Å². The lowest BCUT2D eigenvalue weighted by molar-refractivity contribution is 0.280. The third-order valence-electron chi connectivity index (χ3n) is 5.44. The van der Waals surface area contributed by atoms with E-state index in [9.17, 15) is 0 Å². The van der Waals surface area contributed by atoms with Crippen LogP contribution in [0.15, 0.2) is 91.0 Å². The van der Waals surface area contributed by atoms with Crippen molar-refractivity contribution in [2.24, 2.45) is 0 Å². The molecule has 160 valence electrons. The first-order valence-electron chi connectivity index (χ1n) is 10.7. The summed E-state index contributed by atoms with van der Waals surface area (Å²) in [7, 11) is 0. The Hall–Kier alpha value is -3.50. The summed E-state index contributed by atoms with van der Waals surface area (Å²) in [5.41, 5.74) is 2.07. The number of nitrogens with zero attached hydrogens (tertiary/aromatic N) is 2. The predicted molar refractivity (Wildman–Crippen MR) is 130 cm³/mol. The molecule has 0 bridgehead atoms. The van der Waals surface area contributed by atoms with Crippen molar-refractivity contribution >= 4 is 33.4 Å². The number of aromatic nitrogens is 2. The summed E-state index contributed by atoms with van der Waals surface area (Å²) in [6.45, 7) is 1.75. The van der Waals surface area contributed by atoms with Crippen molar-refractivity contribution in [2.45, 2.75) is 19.6 Å². The van der Waals surface area contributed by atoms with Crippen molar-refractivity contribution in [2.75, 3.05) is 6.61 Å². The van der Waals surface area contributed by atoms with Crippen molar-refractivity contribution < 1.29 is 9.47 Å². The summed E-state index contributed by atoms with van der Waals surface area (Å²) in [4.78, 5) is 4.82. The summed E-state index contributed by atoms with van der Waals surface area (Å²) in [6, 6.07) is 30.1. The van der Waals surface area contributed by atoms with Gasteiger partial charge in [0.25, 0.3) is 0 Å². The highest BCUT2D eigenvalue weighted by Gasteiger charge is 2.11. The Morgan fingerprint density at radius 1 is 0.781 bits per heavy atom. The molecule has 0 aliphatic rings. The molecule has 4 nitrogen and oxygen atoms in total. The fourth-order valence-corrected chi connectivity index (χ4v) is 4.05. The zero-order valence-electron chi connectivity index (χ0n) is 17.6. The van der Waals surface area contributed by atoms with E-state index in [1.165, 1.54) is 5.39 Å². The van der Waals surface area contributed by atoms with Gasteiger partial charge in [-0.1, -0.05) is 66.2 Å².